The average molecular weight is 486 g/mol. The molecule has 11 nitrogen and oxygen atoms in total. The van der Waals surface area contributed by atoms with Crippen LogP contribution in [0.2, 0.25) is 0 Å². The smallest absolute Gasteiger partial charge is 0.246 e. The number of anilines is 1. The van der Waals surface area contributed by atoms with E-state index in [4.69, 9.17) is 4.74 Å². The highest BCUT2D eigenvalue weighted by Crippen LogP contribution is 2.31. The zero-order valence-electron chi connectivity index (χ0n) is 20.6. The Morgan fingerprint density at radius 1 is 1.34 bits per heavy atom. The minimum atomic E-state index is -0.296. The lowest BCUT2D eigenvalue weighted by atomic mass is 10.0. The monoisotopic (exact) mass is 485 g/mol. The van der Waals surface area contributed by atoms with Crippen LogP contribution in [0, 0.1) is 11.8 Å². The number of hydrogen-bond donors (Lipinski definition) is 2. The van der Waals surface area contributed by atoms with Gasteiger partial charge in [-0.2, -0.15) is 0 Å². The van der Waals surface area contributed by atoms with Crippen molar-refractivity contribution in [2.45, 2.75) is 51.8 Å². The first-order chi connectivity index (χ1) is 16.8. The number of hydrogen-bond acceptors (Lipinski definition) is 8. The molecule has 1 aromatic heterocycles. The molecule has 0 saturated heterocycles. The van der Waals surface area contributed by atoms with E-state index in [1.54, 1.807) is 17.0 Å². The van der Waals surface area contributed by atoms with Crippen molar-refractivity contribution in [2.24, 2.45) is 11.8 Å². The molecule has 4 rings (SSSR count). The van der Waals surface area contributed by atoms with E-state index >= 15 is 0 Å². The van der Waals surface area contributed by atoms with Crippen molar-refractivity contribution >= 4 is 17.5 Å². The van der Waals surface area contributed by atoms with Crippen LogP contribution in [-0.4, -0.2) is 92.4 Å². The molecule has 0 bridgehead atoms. The van der Waals surface area contributed by atoms with Gasteiger partial charge in [0.1, 0.15) is 24.7 Å². The second-order valence-corrected chi connectivity index (χ2v) is 9.93. The van der Waals surface area contributed by atoms with E-state index in [0.29, 0.717) is 23.5 Å². The van der Waals surface area contributed by atoms with E-state index in [-0.39, 0.29) is 49.5 Å². The van der Waals surface area contributed by atoms with Crippen molar-refractivity contribution in [1.29, 1.82) is 0 Å². The fourth-order valence-electron chi connectivity index (χ4n) is 4.45. The van der Waals surface area contributed by atoms with Crippen LogP contribution in [0.5, 0.6) is 5.75 Å². The highest BCUT2D eigenvalue weighted by atomic mass is 16.5. The Morgan fingerprint density at radius 2 is 2.14 bits per heavy atom. The summed E-state index contributed by atoms with van der Waals surface area (Å²) in [6.45, 7) is 6.12. The number of amides is 2. The van der Waals surface area contributed by atoms with E-state index in [0.717, 1.165) is 19.0 Å². The molecule has 1 aromatic carbocycles. The Labute approximate surface area is 205 Å². The van der Waals surface area contributed by atoms with Crippen molar-refractivity contribution in [1.82, 2.24) is 30.0 Å². The molecule has 190 valence electrons. The fraction of sp³-hybridized carbons (Fsp3) is 0.625. The zero-order chi connectivity index (χ0) is 24.9. The molecule has 1 aliphatic carbocycles. The normalized spacial score (nSPS) is 21.5. The minimum Gasteiger partial charge on any atom is -0.488 e. The topological polar surface area (TPSA) is 126 Å². The number of carbonyl (C=O) groups is 2. The van der Waals surface area contributed by atoms with Crippen LogP contribution in [0.4, 0.5) is 5.69 Å². The molecule has 1 aliphatic heterocycles. The Hall–Kier alpha value is -3.05. The molecule has 11 heteroatoms. The lowest BCUT2D eigenvalue weighted by Gasteiger charge is -2.34. The molecule has 1 saturated carbocycles. The number of ether oxygens (including phenoxy) is 1. The maximum atomic E-state index is 13.3. The molecule has 0 unspecified atom stereocenters. The second-order valence-electron chi connectivity index (χ2n) is 9.93. The van der Waals surface area contributed by atoms with Crippen LogP contribution >= 0.6 is 0 Å². The summed E-state index contributed by atoms with van der Waals surface area (Å²) >= 11 is 0. The van der Waals surface area contributed by atoms with E-state index in [1.165, 1.54) is 23.9 Å². The van der Waals surface area contributed by atoms with Crippen LogP contribution in [0.1, 0.15) is 32.3 Å². The number of tetrazole rings is 1. The fourth-order valence-corrected chi connectivity index (χ4v) is 4.45. The molecule has 2 N–H and O–H groups in total. The van der Waals surface area contributed by atoms with Crippen molar-refractivity contribution in [3.8, 4) is 5.75 Å². The van der Waals surface area contributed by atoms with Gasteiger partial charge in [-0.1, -0.05) is 6.92 Å². The van der Waals surface area contributed by atoms with Gasteiger partial charge in [-0.05, 0) is 61.4 Å². The Kier molecular flexibility index (Phi) is 7.97. The molecule has 35 heavy (non-hydrogen) atoms. The third kappa shape index (κ3) is 6.76. The molecular weight excluding hydrogens is 450 g/mol. The highest BCUT2D eigenvalue weighted by molar-refractivity contribution is 5.91. The summed E-state index contributed by atoms with van der Waals surface area (Å²) in [4.78, 5) is 29.8. The van der Waals surface area contributed by atoms with Crippen LogP contribution in [0.15, 0.2) is 24.5 Å². The van der Waals surface area contributed by atoms with Crippen LogP contribution < -0.4 is 10.1 Å². The number of likely N-dealkylation sites (N-methyl/N-ethyl adjacent to an activating group) is 1. The lowest BCUT2D eigenvalue weighted by molar-refractivity contribution is -0.134. The average Bonchev–Trinajstić information content (AvgIpc) is 3.47. The predicted octanol–water partition coefficient (Wildman–Crippen LogP) is 0.803. The van der Waals surface area contributed by atoms with Gasteiger partial charge in [0.05, 0.1) is 19.1 Å². The maximum absolute atomic E-state index is 13.3. The lowest BCUT2D eigenvalue weighted by Crippen LogP contribution is -2.47. The largest absolute Gasteiger partial charge is 0.488 e. The summed E-state index contributed by atoms with van der Waals surface area (Å²) in [6, 6.07) is 5.09. The van der Waals surface area contributed by atoms with Gasteiger partial charge >= 0.3 is 0 Å². The SMILES string of the molecule is C[C@@H]1CN([C@@H](C)CO)C(=O)Cc2cc(NC(=O)Cn3cnnn3)ccc2O[C@H]1CN(C)CC1CC1. The number of nitrogens with one attached hydrogen (secondary N) is 1. The molecule has 2 heterocycles. The number of carbonyl (C=O) groups excluding carboxylic acids is 2. The number of aliphatic hydroxyl groups is 1. The van der Waals surface area contributed by atoms with Gasteiger partial charge in [-0.25, -0.2) is 4.68 Å². The van der Waals surface area contributed by atoms with Gasteiger partial charge in [-0.15, -0.1) is 5.10 Å². The van der Waals surface area contributed by atoms with Gasteiger partial charge in [0.2, 0.25) is 11.8 Å². The minimum absolute atomic E-state index is 0.0196. The molecule has 2 amide bonds. The summed E-state index contributed by atoms with van der Waals surface area (Å²) in [5, 5.41) is 23.4. The maximum Gasteiger partial charge on any atom is 0.246 e. The third-order valence-corrected chi connectivity index (χ3v) is 6.66. The number of aliphatic hydroxyl groups excluding tert-OH is 1. The molecular formula is C24H35N7O4. The highest BCUT2D eigenvalue weighted by Gasteiger charge is 2.32. The van der Waals surface area contributed by atoms with Crippen molar-refractivity contribution in [3.05, 3.63) is 30.1 Å². The van der Waals surface area contributed by atoms with Crippen LogP contribution in [-0.2, 0) is 22.6 Å². The number of nitrogens with zero attached hydrogens (tertiary/aromatic N) is 6. The summed E-state index contributed by atoms with van der Waals surface area (Å²) in [6.07, 6.45) is 3.93. The molecule has 1 fully saturated rings. The molecule has 0 radical (unpaired) electrons. The first-order valence-corrected chi connectivity index (χ1v) is 12.2. The molecule has 2 aromatic rings. The van der Waals surface area contributed by atoms with Crippen molar-refractivity contribution in [3.63, 3.8) is 0 Å². The molecule has 0 spiro atoms. The van der Waals surface area contributed by atoms with Crippen molar-refractivity contribution < 1.29 is 19.4 Å². The molecule has 3 atom stereocenters. The van der Waals surface area contributed by atoms with E-state index in [1.807, 2.05) is 13.0 Å². The van der Waals surface area contributed by atoms with E-state index in [9.17, 15) is 14.7 Å². The van der Waals surface area contributed by atoms with Crippen LogP contribution in [0.25, 0.3) is 0 Å². The third-order valence-electron chi connectivity index (χ3n) is 6.66. The second kappa shape index (κ2) is 11.1. The van der Waals surface area contributed by atoms with Gasteiger partial charge in [0.25, 0.3) is 0 Å². The van der Waals surface area contributed by atoms with Gasteiger partial charge < -0.3 is 25.0 Å². The summed E-state index contributed by atoms with van der Waals surface area (Å²) in [5.74, 6) is 1.12. The van der Waals surface area contributed by atoms with E-state index < -0.39 is 0 Å². The quantitative estimate of drug-likeness (QED) is 0.534. The number of benzene rings is 1. The molecule has 2 aliphatic rings. The first kappa shape index (κ1) is 25.1. The Bertz CT molecular complexity index is 1010. The standard InChI is InChI=1S/C24H35N7O4/c1-16-10-31(17(2)14-32)24(34)9-19-8-20(26-23(33)13-30-15-25-27-28-30)6-7-21(19)35-22(16)12-29(3)11-18-4-5-18/h6-8,15-18,22,32H,4-5,9-14H2,1-3H3,(H,26,33)/t16-,17+,22+/m1/s1. The summed E-state index contributed by atoms with van der Waals surface area (Å²) in [5.41, 5.74) is 1.27. The summed E-state index contributed by atoms with van der Waals surface area (Å²) in [7, 11) is 2.12. The Morgan fingerprint density at radius 3 is 2.83 bits per heavy atom. The Balaban J connectivity index is 1.56. The number of fused-ring (bicyclic) bond motifs is 1. The van der Waals surface area contributed by atoms with Gasteiger partial charge in [0, 0.05) is 36.8 Å². The number of rotatable bonds is 9. The van der Waals surface area contributed by atoms with Crippen LogP contribution in [0.3, 0.4) is 0 Å². The van der Waals surface area contributed by atoms with Gasteiger partial charge in [-0.3, -0.25) is 9.59 Å². The predicted molar refractivity (Wildman–Crippen MR) is 129 cm³/mol. The zero-order valence-corrected chi connectivity index (χ0v) is 20.6. The summed E-state index contributed by atoms with van der Waals surface area (Å²) < 4.78 is 7.86. The number of aromatic nitrogens is 4. The van der Waals surface area contributed by atoms with Crippen molar-refractivity contribution in [2.75, 3.05) is 38.6 Å². The van der Waals surface area contributed by atoms with Gasteiger partial charge in [0.15, 0.2) is 0 Å². The van der Waals surface area contributed by atoms with E-state index in [2.05, 4.69) is 39.7 Å². The first-order valence-electron chi connectivity index (χ1n) is 12.2.